The molecule has 1 aliphatic rings. The molecule has 0 radical (unpaired) electrons. The fourth-order valence-electron chi connectivity index (χ4n) is 2.75. The largest absolute Gasteiger partial charge is 0.466 e. The first kappa shape index (κ1) is 13.7. The van der Waals surface area contributed by atoms with E-state index >= 15 is 0 Å². The molecule has 0 spiro atoms. The number of H-pyrrole nitrogens is 1. The molecule has 0 bridgehead atoms. The van der Waals surface area contributed by atoms with Crippen molar-refractivity contribution in [3.05, 3.63) is 24.1 Å². The number of ether oxygens (including phenoxy) is 1. The van der Waals surface area contributed by atoms with Crippen LogP contribution in [0.15, 0.2) is 22.8 Å². The van der Waals surface area contributed by atoms with Crippen LogP contribution in [0.2, 0.25) is 0 Å². The van der Waals surface area contributed by atoms with Gasteiger partial charge in [0.25, 0.3) is 5.91 Å². The zero-order valence-corrected chi connectivity index (χ0v) is 11.9. The molecule has 0 saturated carbocycles. The van der Waals surface area contributed by atoms with Crippen molar-refractivity contribution in [2.75, 3.05) is 19.7 Å². The van der Waals surface area contributed by atoms with E-state index in [1.54, 1.807) is 30.2 Å². The van der Waals surface area contributed by atoms with E-state index < -0.39 is 0 Å². The maximum absolute atomic E-state index is 12.5. The summed E-state index contributed by atoms with van der Waals surface area (Å²) in [5, 5.41) is 0. The van der Waals surface area contributed by atoms with Crippen LogP contribution in [0.4, 0.5) is 0 Å². The predicted molar refractivity (Wildman–Crippen MR) is 75.8 cm³/mol. The van der Waals surface area contributed by atoms with E-state index in [2.05, 4.69) is 4.98 Å². The van der Waals surface area contributed by atoms with Gasteiger partial charge in [-0.2, -0.15) is 0 Å². The summed E-state index contributed by atoms with van der Waals surface area (Å²) >= 11 is 0. The number of furan rings is 1. The molecule has 1 fully saturated rings. The van der Waals surface area contributed by atoms with E-state index in [1.165, 1.54) is 0 Å². The number of likely N-dealkylation sites (tertiary alicyclic amines) is 1. The summed E-state index contributed by atoms with van der Waals surface area (Å²) in [6.45, 7) is 3.24. The molecule has 0 aromatic carbocycles. The summed E-state index contributed by atoms with van der Waals surface area (Å²) < 4.78 is 10.3. The van der Waals surface area contributed by atoms with Crippen molar-refractivity contribution in [2.24, 2.45) is 5.92 Å². The van der Waals surface area contributed by atoms with Crippen LogP contribution >= 0.6 is 0 Å². The fraction of sp³-hybridized carbons (Fsp3) is 0.467. The predicted octanol–water partition coefficient (Wildman–Crippen LogP) is 2.18. The number of carbonyl (C=O) groups is 2. The zero-order chi connectivity index (χ0) is 14.8. The van der Waals surface area contributed by atoms with Gasteiger partial charge in [-0.1, -0.05) is 0 Å². The van der Waals surface area contributed by atoms with Crippen LogP contribution in [0, 0.1) is 5.92 Å². The maximum Gasteiger partial charge on any atom is 0.310 e. The lowest BCUT2D eigenvalue weighted by atomic mass is 9.98. The molecule has 6 heteroatoms. The Morgan fingerprint density at radius 2 is 2.38 bits per heavy atom. The monoisotopic (exact) mass is 290 g/mol. The number of esters is 1. The van der Waals surface area contributed by atoms with Gasteiger partial charge in [0.15, 0.2) is 5.58 Å². The van der Waals surface area contributed by atoms with Crippen LogP contribution in [-0.2, 0) is 9.53 Å². The van der Waals surface area contributed by atoms with Gasteiger partial charge in [0.1, 0.15) is 5.69 Å². The minimum absolute atomic E-state index is 0.101. The third-order valence-corrected chi connectivity index (χ3v) is 3.80. The third-order valence-electron chi connectivity index (χ3n) is 3.80. The molecule has 2 aromatic rings. The van der Waals surface area contributed by atoms with Gasteiger partial charge >= 0.3 is 5.97 Å². The number of piperidine rings is 1. The Labute approximate surface area is 122 Å². The summed E-state index contributed by atoms with van der Waals surface area (Å²) in [6, 6.07) is 3.48. The summed E-state index contributed by atoms with van der Waals surface area (Å²) in [4.78, 5) is 29.1. The number of hydrogen-bond acceptors (Lipinski definition) is 4. The van der Waals surface area contributed by atoms with Gasteiger partial charge in [-0.05, 0) is 19.8 Å². The Bertz CT molecular complexity index is 629. The molecular formula is C15H18N2O4. The van der Waals surface area contributed by atoms with E-state index in [0.717, 1.165) is 18.4 Å². The topological polar surface area (TPSA) is 75.5 Å². The highest BCUT2D eigenvalue weighted by Gasteiger charge is 2.30. The van der Waals surface area contributed by atoms with Gasteiger partial charge in [-0.3, -0.25) is 9.59 Å². The molecule has 1 aliphatic heterocycles. The second kappa shape index (κ2) is 5.63. The van der Waals surface area contributed by atoms with E-state index in [1.807, 2.05) is 0 Å². The highest BCUT2D eigenvalue weighted by molar-refractivity contribution is 5.97. The lowest BCUT2D eigenvalue weighted by molar-refractivity contribution is -0.149. The summed E-state index contributed by atoms with van der Waals surface area (Å²) in [5.41, 5.74) is 1.96. The van der Waals surface area contributed by atoms with E-state index in [4.69, 9.17) is 9.15 Å². The van der Waals surface area contributed by atoms with Crippen LogP contribution in [0.3, 0.4) is 0 Å². The summed E-state index contributed by atoms with van der Waals surface area (Å²) in [5.74, 6) is -0.536. The quantitative estimate of drug-likeness (QED) is 0.879. The normalized spacial score (nSPS) is 18.9. The molecule has 6 nitrogen and oxygen atoms in total. The molecule has 21 heavy (non-hydrogen) atoms. The Morgan fingerprint density at radius 3 is 3.14 bits per heavy atom. The van der Waals surface area contributed by atoms with Crippen molar-refractivity contribution >= 4 is 23.0 Å². The standard InChI is InChI=1S/C15H18N2O4/c1-2-20-15(19)10-4-3-6-17(9-10)14(18)12-8-13-11(16-12)5-7-21-13/h5,7-8,10,16H,2-4,6,9H2,1H3. The van der Waals surface area contributed by atoms with E-state index in [-0.39, 0.29) is 17.8 Å². The van der Waals surface area contributed by atoms with Crippen LogP contribution in [-0.4, -0.2) is 41.5 Å². The molecule has 3 rings (SSSR count). The molecule has 3 heterocycles. The Morgan fingerprint density at radius 1 is 1.52 bits per heavy atom. The van der Waals surface area contributed by atoms with Gasteiger partial charge in [0.2, 0.25) is 0 Å². The number of rotatable bonds is 3. The number of nitrogens with one attached hydrogen (secondary N) is 1. The minimum atomic E-state index is -0.222. The molecule has 0 aliphatic carbocycles. The van der Waals surface area contributed by atoms with Crippen molar-refractivity contribution in [2.45, 2.75) is 19.8 Å². The van der Waals surface area contributed by atoms with Gasteiger partial charge in [-0.15, -0.1) is 0 Å². The van der Waals surface area contributed by atoms with Crippen LogP contribution in [0.25, 0.3) is 11.1 Å². The average molecular weight is 290 g/mol. The SMILES string of the molecule is CCOC(=O)C1CCCN(C(=O)c2cc3occc3[nH]2)C1. The van der Waals surface area contributed by atoms with E-state index in [9.17, 15) is 9.59 Å². The lowest BCUT2D eigenvalue weighted by Gasteiger charge is -2.31. The number of amides is 1. The Kier molecular flexibility index (Phi) is 3.68. The van der Waals surface area contributed by atoms with E-state index in [0.29, 0.717) is 31.0 Å². The average Bonchev–Trinajstić information content (AvgIpc) is 3.08. The van der Waals surface area contributed by atoms with Crippen molar-refractivity contribution < 1.29 is 18.7 Å². The van der Waals surface area contributed by atoms with Crippen molar-refractivity contribution in [1.29, 1.82) is 0 Å². The van der Waals surface area contributed by atoms with Crippen LogP contribution in [0.1, 0.15) is 30.3 Å². The molecular weight excluding hydrogens is 272 g/mol. The van der Waals surface area contributed by atoms with Gasteiger partial charge in [-0.25, -0.2) is 0 Å². The first-order valence-corrected chi connectivity index (χ1v) is 7.21. The second-order valence-electron chi connectivity index (χ2n) is 5.22. The Balaban J connectivity index is 1.72. The number of aromatic nitrogens is 1. The molecule has 1 N–H and O–H groups in total. The molecule has 1 atom stereocenters. The molecule has 1 saturated heterocycles. The summed E-state index contributed by atoms with van der Waals surface area (Å²) in [6.07, 6.45) is 3.16. The van der Waals surface area contributed by atoms with Gasteiger partial charge in [0.05, 0.1) is 24.3 Å². The number of aromatic amines is 1. The van der Waals surface area contributed by atoms with Crippen molar-refractivity contribution in [1.82, 2.24) is 9.88 Å². The number of fused-ring (bicyclic) bond motifs is 1. The smallest absolute Gasteiger partial charge is 0.310 e. The number of carbonyl (C=O) groups excluding carboxylic acids is 2. The fourth-order valence-corrected chi connectivity index (χ4v) is 2.75. The lowest BCUT2D eigenvalue weighted by Crippen LogP contribution is -2.42. The minimum Gasteiger partial charge on any atom is -0.466 e. The van der Waals surface area contributed by atoms with Crippen molar-refractivity contribution in [3.63, 3.8) is 0 Å². The van der Waals surface area contributed by atoms with Gasteiger partial charge < -0.3 is 19.0 Å². The highest BCUT2D eigenvalue weighted by Crippen LogP contribution is 2.22. The first-order chi connectivity index (χ1) is 10.2. The van der Waals surface area contributed by atoms with Crippen molar-refractivity contribution in [3.8, 4) is 0 Å². The Hall–Kier alpha value is -2.24. The highest BCUT2D eigenvalue weighted by atomic mass is 16.5. The first-order valence-electron chi connectivity index (χ1n) is 7.21. The molecule has 112 valence electrons. The summed E-state index contributed by atoms with van der Waals surface area (Å²) in [7, 11) is 0. The molecule has 1 unspecified atom stereocenters. The van der Waals surface area contributed by atoms with Crippen LogP contribution < -0.4 is 0 Å². The maximum atomic E-state index is 12.5. The number of nitrogens with zero attached hydrogens (tertiary/aromatic N) is 1. The molecule has 2 aromatic heterocycles. The van der Waals surface area contributed by atoms with Crippen LogP contribution in [0.5, 0.6) is 0 Å². The van der Waals surface area contributed by atoms with Gasteiger partial charge in [0, 0.05) is 25.2 Å². The zero-order valence-electron chi connectivity index (χ0n) is 11.9. The molecule has 1 amide bonds. The third kappa shape index (κ3) is 2.66. The number of hydrogen-bond donors (Lipinski definition) is 1. The second-order valence-corrected chi connectivity index (χ2v) is 5.22.